The second kappa shape index (κ2) is 6.32. The molecule has 1 aromatic heterocycles. The monoisotopic (exact) mass is 364 g/mol. The molecule has 0 saturated heterocycles. The number of benzene rings is 1. The molecule has 2 aromatic rings. The molecule has 0 N–H and O–H groups in total. The minimum absolute atomic E-state index is 0.0279. The van der Waals surface area contributed by atoms with Gasteiger partial charge in [0.15, 0.2) is 0 Å². The maximum absolute atomic E-state index is 12.9. The van der Waals surface area contributed by atoms with Crippen LogP contribution in [0.15, 0.2) is 24.5 Å². The van der Waals surface area contributed by atoms with Crippen molar-refractivity contribution >= 4 is 0 Å². The molecule has 10 heteroatoms. The number of rotatable bonds is 2. The maximum Gasteiger partial charge on any atom is 0.416 e. The molecule has 3 rings (SSSR count). The Balaban J connectivity index is 1.89. The summed E-state index contributed by atoms with van der Waals surface area (Å²) in [6.07, 6.45) is -7.41. The lowest BCUT2D eigenvalue weighted by molar-refractivity contribution is -0.143. The molecule has 0 atom stereocenters. The standard InChI is InChI=1S/C15H14F6N4/c16-14(17,18)11-4-10(5-12(6-11)15(19,20)21)7-24-2-1-3-25-9-22-23-13(25)8-24/h4-6,9H,1-3,7-8H2. The fourth-order valence-electron chi connectivity index (χ4n) is 2.84. The van der Waals surface area contributed by atoms with Gasteiger partial charge < -0.3 is 4.57 Å². The predicted molar refractivity (Wildman–Crippen MR) is 75.2 cm³/mol. The molecule has 2 heterocycles. The van der Waals surface area contributed by atoms with Crippen molar-refractivity contribution in [2.24, 2.45) is 0 Å². The first-order chi connectivity index (χ1) is 11.6. The predicted octanol–water partition coefficient (Wildman–Crippen LogP) is 3.72. The van der Waals surface area contributed by atoms with E-state index in [1.165, 1.54) is 0 Å². The normalized spacial score (nSPS) is 16.6. The molecule has 0 radical (unpaired) electrons. The zero-order valence-corrected chi connectivity index (χ0v) is 12.9. The number of fused-ring (bicyclic) bond motifs is 1. The molecule has 0 saturated carbocycles. The molecular formula is C15H14F6N4. The van der Waals surface area contributed by atoms with Gasteiger partial charge in [-0.1, -0.05) is 0 Å². The molecule has 1 aliphatic rings. The van der Waals surface area contributed by atoms with Crippen LogP contribution < -0.4 is 0 Å². The summed E-state index contributed by atoms with van der Waals surface area (Å²) in [7, 11) is 0. The maximum atomic E-state index is 12.9. The van der Waals surface area contributed by atoms with Gasteiger partial charge in [0.25, 0.3) is 0 Å². The summed E-state index contributed by atoms with van der Waals surface area (Å²) in [6.45, 7) is 1.49. The average molecular weight is 364 g/mol. The number of hydrogen-bond acceptors (Lipinski definition) is 3. The van der Waals surface area contributed by atoms with E-state index in [-0.39, 0.29) is 18.2 Å². The zero-order chi connectivity index (χ0) is 18.2. The van der Waals surface area contributed by atoms with Crippen molar-refractivity contribution in [3.8, 4) is 0 Å². The SMILES string of the molecule is FC(F)(F)c1cc(CN2CCCn3cnnc3C2)cc(C(F)(F)F)c1. The number of halogens is 6. The molecule has 4 nitrogen and oxygen atoms in total. The van der Waals surface area contributed by atoms with E-state index in [0.29, 0.717) is 31.9 Å². The van der Waals surface area contributed by atoms with Crippen molar-refractivity contribution in [2.75, 3.05) is 6.54 Å². The molecule has 0 bridgehead atoms. The van der Waals surface area contributed by atoms with Gasteiger partial charge in [-0.05, 0) is 30.2 Å². The minimum atomic E-state index is -4.84. The van der Waals surface area contributed by atoms with Crippen LogP contribution in [-0.4, -0.2) is 26.2 Å². The molecule has 1 aliphatic heterocycles. The number of nitrogens with zero attached hydrogens (tertiary/aromatic N) is 4. The highest BCUT2D eigenvalue weighted by atomic mass is 19.4. The summed E-state index contributed by atoms with van der Waals surface area (Å²) in [4.78, 5) is 1.77. The van der Waals surface area contributed by atoms with Crippen molar-refractivity contribution < 1.29 is 26.3 Å². The van der Waals surface area contributed by atoms with Crippen LogP contribution in [-0.2, 0) is 32.0 Å². The third kappa shape index (κ3) is 4.12. The summed E-state index contributed by atoms with van der Waals surface area (Å²) in [5.41, 5.74) is -2.62. The highest BCUT2D eigenvalue weighted by Gasteiger charge is 2.37. The van der Waals surface area contributed by atoms with Crippen molar-refractivity contribution in [2.45, 2.75) is 38.4 Å². The van der Waals surface area contributed by atoms with Gasteiger partial charge in [0.1, 0.15) is 12.2 Å². The number of hydrogen-bond donors (Lipinski definition) is 0. The van der Waals surface area contributed by atoms with Crippen molar-refractivity contribution in [1.29, 1.82) is 0 Å². The van der Waals surface area contributed by atoms with Gasteiger partial charge >= 0.3 is 12.4 Å². The largest absolute Gasteiger partial charge is 0.416 e. The van der Waals surface area contributed by atoms with Gasteiger partial charge in [0.2, 0.25) is 0 Å². The lowest BCUT2D eigenvalue weighted by Crippen LogP contribution is -2.24. The first-order valence-electron chi connectivity index (χ1n) is 7.50. The van der Waals surface area contributed by atoms with E-state index >= 15 is 0 Å². The van der Waals surface area contributed by atoms with E-state index in [9.17, 15) is 26.3 Å². The van der Waals surface area contributed by atoms with Crippen LogP contribution in [0.25, 0.3) is 0 Å². The number of aromatic nitrogens is 3. The van der Waals surface area contributed by atoms with E-state index < -0.39 is 23.5 Å². The summed E-state index contributed by atoms with van der Waals surface area (Å²) in [6, 6.07) is 1.68. The quantitative estimate of drug-likeness (QED) is 0.762. The average Bonchev–Trinajstić information content (AvgIpc) is 2.84. The van der Waals surface area contributed by atoms with Gasteiger partial charge in [0, 0.05) is 19.6 Å². The molecule has 0 fully saturated rings. The van der Waals surface area contributed by atoms with Gasteiger partial charge in [-0.25, -0.2) is 0 Å². The summed E-state index contributed by atoms with van der Waals surface area (Å²) in [5, 5.41) is 7.70. The Hall–Kier alpha value is -2.10. The molecule has 0 spiro atoms. The molecular weight excluding hydrogens is 350 g/mol. The van der Waals surface area contributed by atoms with Gasteiger partial charge in [-0.15, -0.1) is 10.2 Å². The van der Waals surface area contributed by atoms with E-state index in [0.717, 1.165) is 12.1 Å². The van der Waals surface area contributed by atoms with Crippen molar-refractivity contribution in [3.63, 3.8) is 0 Å². The van der Waals surface area contributed by atoms with E-state index in [4.69, 9.17) is 0 Å². The Morgan fingerprint density at radius 2 is 1.56 bits per heavy atom. The highest BCUT2D eigenvalue weighted by Crippen LogP contribution is 2.36. The Bertz CT molecular complexity index is 717. The van der Waals surface area contributed by atoms with E-state index in [2.05, 4.69) is 10.2 Å². The van der Waals surface area contributed by atoms with Gasteiger partial charge in [0.05, 0.1) is 17.7 Å². The van der Waals surface area contributed by atoms with Crippen LogP contribution in [0, 0.1) is 0 Å². The van der Waals surface area contributed by atoms with Crippen LogP contribution in [0.1, 0.15) is 28.9 Å². The summed E-state index contributed by atoms with van der Waals surface area (Å²) < 4.78 is 79.4. The number of alkyl halides is 6. The lowest BCUT2D eigenvalue weighted by atomic mass is 10.0. The summed E-state index contributed by atoms with van der Waals surface area (Å²) >= 11 is 0. The second-order valence-electron chi connectivity index (χ2n) is 5.92. The first-order valence-corrected chi connectivity index (χ1v) is 7.50. The van der Waals surface area contributed by atoms with Gasteiger partial charge in [-0.3, -0.25) is 4.90 Å². The van der Waals surface area contributed by atoms with Crippen LogP contribution in [0.3, 0.4) is 0 Å². The number of aryl methyl sites for hydroxylation is 1. The Morgan fingerprint density at radius 1 is 0.920 bits per heavy atom. The zero-order valence-electron chi connectivity index (χ0n) is 12.9. The Labute approximate surface area is 139 Å². The van der Waals surface area contributed by atoms with Crippen LogP contribution in [0.4, 0.5) is 26.3 Å². The first kappa shape index (κ1) is 17.7. The lowest BCUT2D eigenvalue weighted by Gasteiger charge is -2.21. The van der Waals surface area contributed by atoms with Crippen LogP contribution in [0.5, 0.6) is 0 Å². The highest BCUT2D eigenvalue weighted by molar-refractivity contribution is 5.33. The molecule has 0 amide bonds. The molecule has 136 valence electrons. The fourth-order valence-corrected chi connectivity index (χ4v) is 2.84. The third-order valence-corrected chi connectivity index (χ3v) is 3.99. The third-order valence-electron chi connectivity index (χ3n) is 3.99. The topological polar surface area (TPSA) is 34.0 Å². The summed E-state index contributed by atoms with van der Waals surface area (Å²) in [5.74, 6) is 0.639. The Kier molecular flexibility index (Phi) is 4.48. The fraction of sp³-hybridized carbons (Fsp3) is 0.467. The van der Waals surface area contributed by atoms with Crippen molar-refractivity contribution in [1.82, 2.24) is 19.7 Å². The smallest absolute Gasteiger partial charge is 0.316 e. The molecule has 25 heavy (non-hydrogen) atoms. The minimum Gasteiger partial charge on any atom is -0.316 e. The van der Waals surface area contributed by atoms with Crippen molar-refractivity contribution in [3.05, 3.63) is 47.0 Å². The molecule has 0 aliphatic carbocycles. The van der Waals surface area contributed by atoms with Gasteiger partial charge in [-0.2, -0.15) is 26.3 Å². The van der Waals surface area contributed by atoms with Crippen LogP contribution in [0.2, 0.25) is 0 Å². The molecule has 1 aromatic carbocycles. The van der Waals surface area contributed by atoms with E-state index in [1.54, 1.807) is 11.2 Å². The van der Waals surface area contributed by atoms with Crippen LogP contribution >= 0.6 is 0 Å². The van der Waals surface area contributed by atoms with E-state index in [1.807, 2.05) is 4.57 Å². The second-order valence-corrected chi connectivity index (χ2v) is 5.92. The molecule has 0 unspecified atom stereocenters. The Morgan fingerprint density at radius 3 is 2.16 bits per heavy atom.